The van der Waals surface area contributed by atoms with Crippen LogP contribution in [0, 0.1) is 0 Å². The summed E-state index contributed by atoms with van der Waals surface area (Å²) in [5.74, 6) is -3.58. The lowest BCUT2D eigenvalue weighted by Crippen LogP contribution is -2.32. The number of aliphatic carboxylic acids is 1. The van der Waals surface area contributed by atoms with E-state index in [2.05, 4.69) is 20.6 Å². The quantitative estimate of drug-likeness (QED) is 0.131. The van der Waals surface area contributed by atoms with Gasteiger partial charge in [0.1, 0.15) is 28.8 Å². The van der Waals surface area contributed by atoms with Crippen LogP contribution in [0.4, 0.5) is 17.3 Å². The molecule has 206 valence electrons. The zero-order valence-corrected chi connectivity index (χ0v) is 22.4. The summed E-state index contributed by atoms with van der Waals surface area (Å²) >= 11 is 12.0. The van der Waals surface area contributed by atoms with Crippen molar-refractivity contribution < 1.29 is 29.7 Å². The van der Waals surface area contributed by atoms with E-state index in [4.69, 9.17) is 23.2 Å². The minimum atomic E-state index is -1.27. The van der Waals surface area contributed by atoms with Gasteiger partial charge < -0.3 is 26.0 Å². The number of pyridine rings is 2. The monoisotopic (exact) mass is 590 g/mol. The van der Waals surface area contributed by atoms with Gasteiger partial charge in [0.2, 0.25) is 0 Å². The molecule has 0 saturated heterocycles. The van der Waals surface area contributed by atoms with Crippen LogP contribution in [0.25, 0.3) is 21.8 Å². The fourth-order valence-electron chi connectivity index (χ4n) is 4.29. The zero-order valence-electron chi connectivity index (χ0n) is 20.9. The molecule has 10 nitrogen and oxygen atoms in total. The smallest absolute Gasteiger partial charge is 0.339 e. The number of hydrogen-bond donors (Lipinski definition) is 5. The third-order valence-electron chi connectivity index (χ3n) is 6.28. The second kappa shape index (κ2) is 11.3. The number of halogens is 2. The van der Waals surface area contributed by atoms with Crippen LogP contribution in [-0.2, 0) is 11.2 Å². The first-order chi connectivity index (χ1) is 19.6. The molecule has 2 heterocycles. The maximum absolute atomic E-state index is 12.1. The summed E-state index contributed by atoms with van der Waals surface area (Å²) < 4.78 is 0. The number of carbonyl (C=O) groups is 3. The van der Waals surface area contributed by atoms with Gasteiger partial charge in [0.05, 0.1) is 11.0 Å². The predicted molar refractivity (Wildman–Crippen MR) is 156 cm³/mol. The van der Waals surface area contributed by atoms with Gasteiger partial charge in [-0.25, -0.2) is 24.4 Å². The molecule has 5 rings (SSSR count). The van der Waals surface area contributed by atoms with E-state index in [-0.39, 0.29) is 29.2 Å². The Morgan fingerprint density at radius 3 is 1.73 bits per heavy atom. The number of fused-ring (bicyclic) bond motifs is 2. The van der Waals surface area contributed by atoms with Crippen LogP contribution in [0.15, 0.2) is 72.8 Å². The molecule has 0 bridgehead atoms. The molecule has 0 amide bonds. The van der Waals surface area contributed by atoms with Crippen molar-refractivity contribution in [3.63, 3.8) is 0 Å². The number of aromatic carboxylic acids is 2. The molecule has 0 radical (unpaired) electrons. The van der Waals surface area contributed by atoms with Crippen molar-refractivity contribution in [1.29, 1.82) is 0 Å². The van der Waals surface area contributed by atoms with Gasteiger partial charge in [-0.1, -0.05) is 35.3 Å². The topological polar surface area (TPSA) is 162 Å². The van der Waals surface area contributed by atoms with E-state index < -0.39 is 23.9 Å². The van der Waals surface area contributed by atoms with E-state index in [0.717, 1.165) is 0 Å². The first-order valence-corrected chi connectivity index (χ1v) is 12.9. The van der Waals surface area contributed by atoms with Gasteiger partial charge in [0.15, 0.2) is 0 Å². The standard InChI is InChI=1S/C29H20Cl2N4O6/c30-17-3-7-22-15(10-17)12-20(27(36)37)25(33-22)32-19-5-1-14(2-6-19)9-24(29(40)41)35-26-21(28(38)39)13-16-11-18(31)4-8-23(16)34-26/h1-8,10-13,24H,9H2,(H,32,33)(H,34,35)(H,36,37)(H,38,39)(H,40,41). The number of benzene rings is 3. The molecular formula is C29H20Cl2N4O6. The van der Waals surface area contributed by atoms with E-state index >= 15 is 0 Å². The molecule has 3 aromatic carbocycles. The van der Waals surface area contributed by atoms with Crippen molar-refractivity contribution in [2.75, 3.05) is 10.6 Å². The van der Waals surface area contributed by atoms with Gasteiger partial charge in [-0.2, -0.15) is 0 Å². The van der Waals surface area contributed by atoms with Gasteiger partial charge in [-0.15, -0.1) is 0 Å². The molecule has 0 saturated carbocycles. The number of anilines is 3. The van der Waals surface area contributed by atoms with Crippen LogP contribution in [-0.4, -0.2) is 49.2 Å². The highest BCUT2D eigenvalue weighted by molar-refractivity contribution is 6.31. The van der Waals surface area contributed by atoms with Crippen molar-refractivity contribution in [1.82, 2.24) is 9.97 Å². The Morgan fingerprint density at radius 2 is 1.22 bits per heavy atom. The lowest BCUT2D eigenvalue weighted by molar-refractivity contribution is -0.137. The highest BCUT2D eigenvalue weighted by atomic mass is 35.5. The summed E-state index contributed by atoms with van der Waals surface area (Å²) in [5, 5.41) is 37.0. The zero-order chi connectivity index (χ0) is 29.3. The average molecular weight is 591 g/mol. The Labute approximate surface area is 242 Å². The Morgan fingerprint density at radius 1 is 0.707 bits per heavy atom. The number of carboxylic acid groups (broad SMARTS) is 3. The van der Waals surface area contributed by atoms with Crippen LogP contribution in [0.3, 0.4) is 0 Å². The number of nitrogens with one attached hydrogen (secondary N) is 2. The first kappa shape index (κ1) is 27.6. The van der Waals surface area contributed by atoms with Crippen molar-refractivity contribution >= 4 is 80.2 Å². The molecule has 0 spiro atoms. The second-order valence-corrected chi connectivity index (χ2v) is 9.99. The summed E-state index contributed by atoms with van der Waals surface area (Å²) in [6.45, 7) is 0. The Hall–Kier alpha value is -4.93. The Balaban J connectivity index is 1.37. The summed E-state index contributed by atoms with van der Waals surface area (Å²) in [5.41, 5.74) is 1.93. The SMILES string of the molecule is O=C(O)c1cc2cc(Cl)ccc2nc1Nc1ccc(CC(Nc2nc3ccc(Cl)cc3cc2C(=O)O)C(=O)O)cc1. The normalized spacial score (nSPS) is 11.8. The third kappa shape index (κ3) is 6.13. The molecule has 0 aliphatic carbocycles. The minimum Gasteiger partial charge on any atom is -0.480 e. The largest absolute Gasteiger partial charge is 0.480 e. The van der Waals surface area contributed by atoms with Gasteiger partial charge in [0.25, 0.3) is 0 Å². The average Bonchev–Trinajstić information content (AvgIpc) is 2.92. The predicted octanol–water partition coefficient (Wildman–Crippen LogP) is 6.34. The second-order valence-electron chi connectivity index (χ2n) is 9.11. The van der Waals surface area contributed by atoms with Crippen LogP contribution >= 0.6 is 23.2 Å². The number of aromatic nitrogens is 2. The van der Waals surface area contributed by atoms with Crippen molar-refractivity contribution in [2.45, 2.75) is 12.5 Å². The van der Waals surface area contributed by atoms with Crippen LogP contribution in [0.2, 0.25) is 10.0 Å². The third-order valence-corrected chi connectivity index (χ3v) is 6.75. The number of rotatable bonds is 9. The molecule has 41 heavy (non-hydrogen) atoms. The minimum absolute atomic E-state index is 0.00433. The maximum Gasteiger partial charge on any atom is 0.339 e. The molecule has 5 N–H and O–H groups in total. The van der Waals surface area contributed by atoms with Crippen LogP contribution < -0.4 is 10.6 Å². The highest BCUT2D eigenvalue weighted by Crippen LogP contribution is 2.27. The van der Waals surface area contributed by atoms with Gasteiger partial charge >= 0.3 is 17.9 Å². The van der Waals surface area contributed by atoms with Gasteiger partial charge in [-0.3, -0.25) is 0 Å². The fraction of sp³-hybridized carbons (Fsp3) is 0.0690. The summed E-state index contributed by atoms with van der Waals surface area (Å²) in [6, 6.07) is 18.1. The lowest BCUT2D eigenvalue weighted by Gasteiger charge is -2.18. The van der Waals surface area contributed by atoms with E-state index in [0.29, 0.717) is 43.1 Å². The van der Waals surface area contributed by atoms with Gasteiger partial charge in [-0.05, 0) is 66.2 Å². The molecule has 0 aliphatic rings. The Bertz CT molecular complexity index is 1850. The molecule has 1 unspecified atom stereocenters. The fourth-order valence-corrected chi connectivity index (χ4v) is 4.65. The summed E-state index contributed by atoms with van der Waals surface area (Å²) in [6.07, 6.45) is 0.00433. The summed E-state index contributed by atoms with van der Waals surface area (Å²) in [7, 11) is 0. The van der Waals surface area contributed by atoms with E-state index in [1.165, 1.54) is 12.1 Å². The lowest BCUT2D eigenvalue weighted by atomic mass is 10.0. The maximum atomic E-state index is 12.1. The molecular weight excluding hydrogens is 571 g/mol. The molecule has 0 fully saturated rings. The number of hydrogen-bond acceptors (Lipinski definition) is 7. The molecule has 1 atom stereocenters. The van der Waals surface area contributed by atoms with E-state index in [9.17, 15) is 29.7 Å². The Kier molecular flexibility index (Phi) is 7.60. The molecule has 0 aliphatic heterocycles. The highest BCUT2D eigenvalue weighted by Gasteiger charge is 2.23. The molecule has 5 aromatic rings. The first-order valence-electron chi connectivity index (χ1n) is 12.1. The van der Waals surface area contributed by atoms with Crippen molar-refractivity contribution in [3.8, 4) is 0 Å². The van der Waals surface area contributed by atoms with Crippen molar-refractivity contribution in [2.24, 2.45) is 0 Å². The summed E-state index contributed by atoms with van der Waals surface area (Å²) in [4.78, 5) is 44.6. The molecule has 12 heteroatoms. The van der Waals surface area contributed by atoms with Gasteiger partial charge in [0, 0.05) is 32.9 Å². The number of nitrogens with zero attached hydrogens (tertiary/aromatic N) is 2. The van der Waals surface area contributed by atoms with Crippen molar-refractivity contribution in [3.05, 3.63) is 99.5 Å². The van der Waals surface area contributed by atoms with Crippen LogP contribution in [0.1, 0.15) is 26.3 Å². The van der Waals surface area contributed by atoms with E-state index in [1.54, 1.807) is 60.7 Å². The number of carboxylic acids is 3. The molecule has 2 aromatic heterocycles. The van der Waals surface area contributed by atoms with E-state index in [1.807, 2.05) is 0 Å². The van der Waals surface area contributed by atoms with Crippen LogP contribution in [0.5, 0.6) is 0 Å².